The maximum Gasteiger partial charge on any atom is 0.249 e. The monoisotopic (exact) mass is 509 g/mol. The number of hydrogen-bond acceptors (Lipinski definition) is 4. The fourth-order valence-corrected chi connectivity index (χ4v) is 4.31. The first kappa shape index (κ1) is 34.8. The van der Waals surface area contributed by atoms with Crippen LogP contribution in [0.15, 0.2) is 24.3 Å². The van der Waals surface area contributed by atoms with Crippen LogP contribution in [0.4, 0.5) is 0 Å². The van der Waals surface area contributed by atoms with Gasteiger partial charge in [-0.1, -0.05) is 134 Å². The summed E-state index contributed by atoms with van der Waals surface area (Å²) in [6.45, 7) is 4.10. The molecule has 0 radical (unpaired) electrons. The summed E-state index contributed by atoms with van der Waals surface area (Å²) in [4.78, 5) is 12.3. The lowest BCUT2D eigenvalue weighted by Crippen LogP contribution is -2.48. The zero-order valence-corrected chi connectivity index (χ0v) is 23.6. The molecule has 5 heteroatoms. The van der Waals surface area contributed by atoms with Gasteiger partial charge in [0.05, 0.1) is 18.8 Å². The molecule has 0 aromatic heterocycles. The molecule has 0 aliphatic rings. The van der Waals surface area contributed by atoms with Gasteiger partial charge < -0.3 is 20.6 Å². The van der Waals surface area contributed by atoms with Gasteiger partial charge in [-0.15, -0.1) is 0 Å². The highest BCUT2D eigenvalue weighted by molar-refractivity contribution is 5.80. The molecule has 0 bridgehead atoms. The Morgan fingerprint density at radius 1 is 0.667 bits per heavy atom. The highest BCUT2D eigenvalue weighted by Crippen LogP contribution is 2.12. The van der Waals surface area contributed by atoms with Gasteiger partial charge in [-0.2, -0.15) is 0 Å². The summed E-state index contributed by atoms with van der Waals surface area (Å²) in [6, 6.07) is -0.806. The summed E-state index contributed by atoms with van der Waals surface area (Å²) >= 11 is 0. The van der Waals surface area contributed by atoms with Crippen molar-refractivity contribution in [3.05, 3.63) is 24.3 Å². The van der Waals surface area contributed by atoms with Gasteiger partial charge in [-0.25, -0.2) is 0 Å². The summed E-state index contributed by atoms with van der Waals surface area (Å²) in [5.41, 5.74) is 0. The minimum Gasteiger partial charge on any atom is -0.394 e. The molecule has 36 heavy (non-hydrogen) atoms. The van der Waals surface area contributed by atoms with Crippen molar-refractivity contribution < 1.29 is 20.1 Å². The van der Waals surface area contributed by atoms with Crippen LogP contribution in [0, 0.1) is 0 Å². The average Bonchev–Trinajstić information content (AvgIpc) is 2.88. The summed E-state index contributed by atoms with van der Waals surface area (Å²) < 4.78 is 0. The van der Waals surface area contributed by atoms with E-state index in [-0.39, 0.29) is 6.61 Å². The van der Waals surface area contributed by atoms with Crippen LogP contribution in [0.5, 0.6) is 0 Å². The first-order chi connectivity index (χ1) is 17.6. The number of allylic oxidation sites excluding steroid dienone is 3. The number of amides is 1. The van der Waals surface area contributed by atoms with Crippen LogP contribution in [-0.4, -0.2) is 46.1 Å². The van der Waals surface area contributed by atoms with Crippen LogP contribution >= 0.6 is 0 Å². The number of nitrogens with one attached hydrogen (secondary N) is 1. The van der Waals surface area contributed by atoms with E-state index >= 15 is 0 Å². The lowest BCUT2D eigenvalue weighted by Gasteiger charge is -2.21. The van der Waals surface area contributed by atoms with E-state index in [9.17, 15) is 20.1 Å². The molecule has 0 aromatic carbocycles. The van der Waals surface area contributed by atoms with E-state index in [0.29, 0.717) is 6.42 Å². The number of unbranched alkanes of at least 4 members (excludes halogenated alkanes) is 16. The molecule has 5 nitrogen and oxygen atoms in total. The fourth-order valence-electron chi connectivity index (χ4n) is 4.31. The van der Waals surface area contributed by atoms with Crippen molar-refractivity contribution in [1.82, 2.24) is 5.32 Å². The SMILES string of the molecule is CCCCCCCC/C=C/CC/C=C/C(O)C(CO)NC(=O)C(O)CCCCCCCCCCCC. The van der Waals surface area contributed by atoms with E-state index in [1.54, 1.807) is 6.08 Å². The molecule has 0 spiro atoms. The van der Waals surface area contributed by atoms with Gasteiger partial charge in [0.15, 0.2) is 0 Å². The second-order valence-electron chi connectivity index (χ2n) is 10.3. The van der Waals surface area contributed by atoms with Crippen molar-refractivity contribution in [1.29, 1.82) is 0 Å². The topological polar surface area (TPSA) is 89.8 Å². The first-order valence-corrected chi connectivity index (χ1v) is 15.2. The van der Waals surface area contributed by atoms with E-state index in [0.717, 1.165) is 38.5 Å². The van der Waals surface area contributed by atoms with Crippen LogP contribution in [0.1, 0.15) is 142 Å². The molecular weight excluding hydrogens is 450 g/mol. The number of aliphatic hydroxyl groups excluding tert-OH is 3. The summed E-state index contributed by atoms with van der Waals surface area (Å²) in [7, 11) is 0. The molecule has 3 unspecified atom stereocenters. The average molecular weight is 510 g/mol. The lowest BCUT2D eigenvalue weighted by atomic mass is 10.0. The zero-order chi connectivity index (χ0) is 26.7. The third kappa shape index (κ3) is 22.1. The smallest absolute Gasteiger partial charge is 0.249 e. The molecule has 1 amide bonds. The lowest BCUT2D eigenvalue weighted by molar-refractivity contribution is -0.131. The number of carbonyl (C=O) groups is 1. The molecule has 0 saturated heterocycles. The summed E-state index contributed by atoms with van der Waals surface area (Å²) in [5, 5.41) is 32.6. The standard InChI is InChI=1S/C31H59NO4/c1-3-5-7-9-11-13-15-16-18-19-21-23-25-29(34)28(27-33)32-31(36)30(35)26-24-22-20-17-14-12-10-8-6-4-2/h16,18,23,25,28-30,33-35H,3-15,17,19-22,24,26-27H2,1-2H3,(H,32,36)/b18-16+,25-23+. The maximum atomic E-state index is 12.3. The van der Waals surface area contributed by atoms with Gasteiger partial charge in [0.2, 0.25) is 5.91 Å². The van der Waals surface area contributed by atoms with E-state index in [2.05, 4.69) is 31.3 Å². The van der Waals surface area contributed by atoms with E-state index in [4.69, 9.17) is 0 Å². The largest absolute Gasteiger partial charge is 0.394 e. The third-order valence-corrected chi connectivity index (χ3v) is 6.79. The quantitative estimate of drug-likeness (QED) is 0.0737. The van der Waals surface area contributed by atoms with Crippen molar-refractivity contribution in [3.8, 4) is 0 Å². The minimum absolute atomic E-state index is 0.375. The second kappa shape index (κ2) is 26.9. The van der Waals surface area contributed by atoms with E-state index in [1.165, 1.54) is 83.5 Å². The van der Waals surface area contributed by atoms with Crippen LogP contribution in [0.2, 0.25) is 0 Å². The molecular formula is C31H59NO4. The molecule has 212 valence electrons. The van der Waals surface area contributed by atoms with Gasteiger partial charge in [-0.3, -0.25) is 4.79 Å². The second-order valence-corrected chi connectivity index (χ2v) is 10.3. The molecule has 0 fully saturated rings. The molecule has 0 aliphatic carbocycles. The predicted molar refractivity (Wildman–Crippen MR) is 153 cm³/mol. The van der Waals surface area contributed by atoms with Gasteiger partial charge in [0.25, 0.3) is 0 Å². The third-order valence-electron chi connectivity index (χ3n) is 6.79. The minimum atomic E-state index is -1.10. The van der Waals surface area contributed by atoms with Gasteiger partial charge in [0.1, 0.15) is 6.10 Å². The first-order valence-electron chi connectivity index (χ1n) is 15.2. The Balaban J connectivity index is 3.90. The maximum absolute atomic E-state index is 12.3. The van der Waals surface area contributed by atoms with Crippen molar-refractivity contribution in [2.75, 3.05) is 6.61 Å². The Labute approximate surface area is 222 Å². The normalized spacial score (nSPS) is 14.5. The Bertz CT molecular complexity index is 535. The highest BCUT2D eigenvalue weighted by Gasteiger charge is 2.22. The van der Waals surface area contributed by atoms with Crippen LogP contribution < -0.4 is 5.32 Å². The van der Waals surface area contributed by atoms with Gasteiger partial charge >= 0.3 is 0 Å². The van der Waals surface area contributed by atoms with Crippen molar-refractivity contribution in [3.63, 3.8) is 0 Å². The molecule has 0 aromatic rings. The Hall–Kier alpha value is -1.17. The zero-order valence-electron chi connectivity index (χ0n) is 23.6. The molecule has 3 atom stereocenters. The molecule has 0 rings (SSSR count). The number of aliphatic hydroxyl groups is 3. The van der Waals surface area contributed by atoms with Crippen LogP contribution in [-0.2, 0) is 4.79 Å². The van der Waals surface area contributed by atoms with Gasteiger partial charge in [0, 0.05) is 0 Å². The van der Waals surface area contributed by atoms with E-state index < -0.39 is 24.2 Å². The van der Waals surface area contributed by atoms with Crippen LogP contribution in [0.25, 0.3) is 0 Å². The molecule has 0 saturated carbocycles. The van der Waals surface area contributed by atoms with Gasteiger partial charge in [-0.05, 0) is 32.1 Å². The van der Waals surface area contributed by atoms with Crippen LogP contribution in [0.3, 0.4) is 0 Å². The molecule has 0 aliphatic heterocycles. The van der Waals surface area contributed by atoms with Crippen molar-refractivity contribution in [2.45, 2.75) is 161 Å². The highest BCUT2D eigenvalue weighted by atomic mass is 16.3. The van der Waals surface area contributed by atoms with Crippen molar-refractivity contribution >= 4 is 5.91 Å². The van der Waals surface area contributed by atoms with E-state index in [1.807, 2.05) is 6.08 Å². The Morgan fingerprint density at radius 3 is 1.69 bits per heavy atom. The summed E-state index contributed by atoms with van der Waals surface area (Å²) in [6.07, 6.45) is 29.0. The molecule has 4 N–H and O–H groups in total. The number of hydrogen-bond donors (Lipinski definition) is 4. The summed E-state index contributed by atoms with van der Waals surface area (Å²) in [5.74, 6) is -0.518. The molecule has 0 heterocycles. The van der Waals surface area contributed by atoms with Crippen molar-refractivity contribution in [2.24, 2.45) is 0 Å². The number of carbonyl (C=O) groups excluding carboxylic acids is 1. The predicted octanol–water partition coefficient (Wildman–Crippen LogP) is 7.14. The Morgan fingerprint density at radius 2 is 1.14 bits per heavy atom. The number of rotatable bonds is 26. The Kier molecular flexibility index (Phi) is 26.0. The fraction of sp³-hybridized carbons (Fsp3) is 0.839.